The van der Waals surface area contributed by atoms with Crippen LogP contribution in [0.25, 0.3) is 22.8 Å². The van der Waals surface area contributed by atoms with Crippen molar-refractivity contribution in [2.75, 3.05) is 0 Å². The summed E-state index contributed by atoms with van der Waals surface area (Å²) in [6, 6.07) is 16.2. The summed E-state index contributed by atoms with van der Waals surface area (Å²) in [7, 11) is 0. The van der Waals surface area contributed by atoms with Gasteiger partial charge in [0.15, 0.2) is 34.6 Å². The molecule has 50 heavy (non-hydrogen) atoms. The Morgan fingerprint density at radius 2 is 0.760 bits per heavy atom. The van der Waals surface area contributed by atoms with Crippen molar-refractivity contribution in [2.45, 2.75) is 13.8 Å². The summed E-state index contributed by atoms with van der Waals surface area (Å²) in [5, 5.41) is 42.2. The summed E-state index contributed by atoms with van der Waals surface area (Å²) < 4.78 is 23.2. The van der Waals surface area contributed by atoms with E-state index in [0.717, 1.165) is 35.4 Å². The first-order chi connectivity index (χ1) is 24.0. The number of nitrogens with zero attached hydrogens (tertiary/aromatic N) is 6. The minimum Gasteiger partial charge on any atom is -0.502 e. The second-order valence-corrected chi connectivity index (χ2v) is 10.8. The maximum atomic E-state index is 12.1. The van der Waals surface area contributed by atoms with Crippen LogP contribution in [0.4, 0.5) is 0 Å². The van der Waals surface area contributed by atoms with Gasteiger partial charge in [-0.2, -0.15) is 19.9 Å². The van der Waals surface area contributed by atoms with Crippen LogP contribution in [0.15, 0.2) is 72.8 Å². The highest BCUT2D eigenvalue weighted by Crippen LogP contribution is 2.44. The Balaban J connectivity index is 1.47. The van der Waals surface area contributed by atoms with E-state index < -0.39 is 70.5 Å². The lowest BCUT2D eigenvalue weighted by atomic mass is 10.1. The van der Waals surface area contributed by atoms with Gasteiger partial charge in [0.25, 0.3) is 0 Å². The summed E-state index contributed by atoms with van der Waals surface area (Å²) in [5.74, 6) is -5.87. The Labute approximate surface area is 280 Å². The monoisotopic (exact) mass is 674 g/mol. The first kappa shape index (κ1) is 31.3. The summed E-state index contributed by atoms with van der Waals surface area (Å²) in [6.45, 7) is 3.76. The van der Waals surface area contributed by atoms with E-state index in [1.54, 1.807) is 48.5 Å². The molecule has 16 nitrogen and oxygen atoms in total. The predicted octanol–water partition coefficient (Wildman–Crippen LogP) is 6.30. The van der Waals surface area contributed by atoms with Crippen LogP contribution in [0.5, 0.6) is 58.5 Å². The molecule has 0 saturated heterocycles. The molecule has 0 atom stereocenters. The molecule has 1 aliphatic rings. The van der Waals surface area contributed by atoms with Crippen molar-refractivity contribution >= 4 is 11.9 Å². The van der Waals surface area contributed by atoms with Gasteiger partial charge in [0.2, 0.25) is 11.5 Å². The quantitative estimate of drug-likeness (QED) is 0.160. The van der Waals surface area contributed by atoms with Crippen LogP contribution in [0, 0.1) is 13.8 Å². The van der Waals surface area contributed by atoms with Crippen molar-refractivity contribution in [2.24, 2.45) is 0 Å². The summed E-state index contributed by atoms with van der Waals surface area (Å²) in [4.78, 5) is 49.7. The lowest BCUT2D eigenvalue weighted by Gasteiger charge is -2.16. The fourth-order valence-electron chi connectivity index (χ4n) is 4.64. The zero-order chi connectivity index (χ0) is 35.1. The number of fused-ring (bicyclic) bond motifs is 8. The van der Waals surface area contributed by atoms with Crippen molar-refractivity contribution in [3.63, 3.8) is 0 Å². The Morgan fingerprint density at radius 3 is 1.02 bits per heavy atom. The highest BCUT2D eigenvalue weighted by atomic mass is 16.5. The third-order valence-corrected chi connectivity index (χ3v) is 7.19. The van der Waals surface area contributed by atoms with Crippen LogP contribution in [-0.2, 0) is 0 Å². The van der Waals surface area contributed by atoms with Gasteiger partial charge in [-0.25, -0.2) is 9.59 Å². The van der Waals surface area contributed by atoms with Gasteiger partial charge in [0, 0.05) is 11.1 Å². The Hall–Kier alpha value is -7.36. The molecule has 8 bridgehead atoms. The topological polar surface area (TPSA) is 229 Å². The van der Waals surface area contributed by atoms with Crippen LogP contribution in [0.3, 0.4) is 0 Å². The number of phenolic OH excluding ortho intramolecular Hbond substituents is 2. The maximum absolute atomic E-state index is 12.1. The minimum atomic E-state index is -1.39. The molecule has 0 saturated carbocycles. The zero-order valence-electron chi connectivity index (χ0n) is 25.8. The van der Waals surface area contributed by atoms with Crippen LogP contribution in [0.2, 0.25) is 0 Å². The minimum absolute atomic E-state index is 0.0121. The number of carbonyl (C=O) groups is 2. The highest BCUT2D eigenvalue weighted by molar-refractivity contribution is 5.90. The summed E-state index contributed by atoms with van der Waals surface area (Å²) in [5.41, 5.74) is 2.13. The zero-order valence-corrected chi connectivity index (χ0v) is 25.8. The predicted molar refractivity (Wildman–Crippen MR) is 170 cm³/mol. The Bertz CT molecular complexity index is 2080. The van der Waals surface area contributed by atoms with Crippen LogP contribution in [0.1, 0.15) is 31.8 Å². The average molecular weight is 675 g/mol. The normalized spacial score (nSPS) is 11.7. The number of phenols is 2. The number of hydrogen-bond acceptors (Lipinski definition) is 14. The van der Waals surface area contributed by atoms with E-state index in [-0.39, 0.29) is 22.8 Å². The molecule has 0 amide bonds. The number of benzene rings is 4. The summed E-state index contributed by atoms with van der Waals surface area (Å²) in [6.07, 6.45) is 0. The molecule has 0 unspecified atom stereocenters. The molecule has 1 aliphatic heterocycles. The van der Waals surface area contributed by atoms with E-state index in [9.17, 15) is 30.0 Å². The van der Waals surface area contributed by atoms with E-state index in [1.807, 2.05) is 13.8 Å². The first-order valence-electron chi connectivity index (χ1n) is 14.6. The Morgan fingerprint density at radius 1 is 0.480 bits per heavy atom. The van der Waals surface area contributed by atoms with Gasteiger partial charge in [0.1, 0.15) is 0 Å². The van der Waals surface area contributed by atoms with Gasteiger partial charge in [-0.3, -0.25) is 0 Å². The molecule has 0 aliphatic carbocycles. The largest absolute Gasteiger partial charge is 0.502 e. The molecule has 3 heterocycles. The lowest BCUT2D eigenvalue weighted by Crippen LogP contribution is -2.06. The molecule has 248 valence electrons. The number of ether oxygens (including phenoxy) is 4. The van der Waals surface area contributed by atoms with Crippen molar-refractivity contribution in [1.82, 2.24) is 29.9 Å². The fraction of sp³-hybridized carbons (Fsp3) is 0.0588. The summed E-state index contributed by atoms with van der Waals surface area (Å²) >= 11 is 0. The number of carboxylic acids is 2. The molecule has 4 aromatic carbocycles. The lowest BCUT2D eigenvalue weighted by molar-refractivity contribution is 0.0685. The molecule has 0 spiro atoms. The number of aromatic nitrogens is 6. The standard InChI is InChI=1S/C34H22N6O10/c1-15-3-7-17(8-4-15)27-35-31-39-32(36-27)48-22-12-20(30(45)46)14-24(26(22)42)50-34-38-28(18-9-5-16(2)6-10-18)37-33(40-34)49-23-13-19(29(43)44)11-21(47-31)25(23)41/h3-14,41-42H,1-2H3,(H,43,44)(H,45,46). The van der Waals surface area contributed by atoms with E-state index in [1.165, 1.54) is 0 Å². The van der Waals surface area contributed by atoms with Crippen molar-refractivity contribution in [3.8, 4) is 81.3 Å². The van der Waals surface area contributed by atoms with E-state index in [4.69, 9.17) is 18.9 Å². The molecule has 0 fully saturated rings. The van der Waals surface area contributed by atoms with Gasteiger partial charge in [0.05, 0.1) is 11.1 Å². The molecule has 7 rings (SSSR count). The van der Waals surface area contributed by atoms with E-state index in [2.05, 4.69) is 29.9 Å². The third-order valence-electron chi connectivity index (χ3n) is 7.19. The Kier molecular flexibility index (Phi) is 7.72. The second kappa shape index (κ2) is 12.3. The van der Waals surface area contributed by atoms with E-state index in [0.29, 0.717) is 11.1 Å². The van der Waals surface area contributed by atoms with Gasteiger partial charge >= 0.3 is 36.0 Å². The number of carboxylic acid groups (broad SMARTS) is 2. The van der Waals surface area contributed by atoms with Crippen molar-refractivity contribution in [3.05, 3.63) is 95.1 Å². The molecular weight excluding hydrogens is 652 g/mol. The highest BCUT2D eigenvalue weighted by Gasteiger charge is 2.25. The van der Waals surface area contributed by atoms with Crippen LogP contribution in [-0.4, -0.2) is 62.3 Å². The smallest absolute Gasteiger partial charge is 0.335 e. The number of aryl methyl sites for hydroxylation is 2. The SMILES string of the molecule is Cc1ccc(-c2nc3nc(n2)Oc2cc(C(=O)O)cc(c2O)Oc2nc(nc(-c4ccc(C)cc4)n2)Oc2cc(C(=O)O)cc(c2O)O3)cc1. The molecule has 6 aromatic rings. The molecule has 0 radical (unpaired) electrons. The number of rotatable bonds is 4. The van der Waals surface area contributed by atoms with Crippen molar-refractivity contribution in [1.29, 1.82) is 0 Å². The third kappa shape index (κ3) is 6.30. The van der Waals surface area contributed by atoms with Crippen molar-refractivity contribution < 1.29 is 49.0 Å². The molecule has 16 heteroatoms. The second-order valence-electron chi connectivity index (χ2n) is 10.8. The average Bonchev–Trinajstić information content (AvgIpc) is 3.08. The number of hydrogen-bond donors (Lipinski definition) is 4. The van der Waals surface area contributed by atoms with Crippen LogP contribution >= 0.6 is 0 Å². The maximum Gasteiger partial charge on any atom is 0.335 e. The fourth-order valence-corrected chi connectivity index (χ4v) is 4.64. The van der Waals surface area contributed by atoms with Gasteiger partial charge in [-0.15, -0.1) is 9.97 Å². The number of aromatic carboxylic acids is 2. The van der Waals surface area contributed by atoms with Gasteiger partial charge in [-0.05, 0) is 38.1 Å². The van der Waals surface area contributed by atoms with Gasteiger partial charge < -0.3 is 39.4 Å². The van der Waals surface area contributed by atoms with E-state index >= 15 is 0 Å². The van der Waals surface area contributed by atoms with Gasteiger partial charge in [-0.1, -0.05) is 59.7 Å². The first-order valence-corrected chi connectivity index (χ1v) is 14.6. The number of aromatic hydroxyl groups is 2. The van der Waals surface area contributed by atoms with Crippen LogP contribution < -0.4 is 18.9 Å². The molecular formula is C34H22N6O10. The molecule has 4 N–H and O–H groups in total. The molecule has 2 aromatic heterocycles.